The molecule has 0 saturated carbocycles. The first-order chi connectivity index (χ1) is 12.6. The Hall–Kier alpha value is -2.59. The van der Waals surface area contributed by atoms with Gasteiger partial charge in [0.25, 0.3) is 5.56 Å². The maximum Gasteiger partial charge on any atom is 0.266 e. The molecule has 0 radical (unpaired) electrons. The number of aromatic hydroxyl groups is 1. The molecule has 0 spiro atoms. The van der Waals surface area contributed by atoms with Crippen LogP contribution in [0.2, 0.25) is 0 Å². The molecule has 2 heterocycles. The zero-order chi connectivity index (χ0) is 18.3. The van der Waals surface area contributed by atoms with E-state index in [2.05, 4.69) is 43.1 Å². The molecule has 132 valence electrons. The summed E-state index contributed by atoms with van der Waals surface area (Å²) in [6.45, 7) is 4.44. The Kier molecular flexibility index (Phi) is 4.29. The van der Waals surface area contributed by atoms with E-state index in [1.54, 1.807) is 12.1 Å². The van der Waals surface area contributed by atoms with Gasteiger partial charge in [0.2, 0.25) is 0 Å². The third-order valence-electron chi connectivity index (χ3n) is 5.06. The number of aromatic amines is 1. The van der Waals surface area contributed by atoms with Crippen molar-refractivity contribution in [3.63, 3.8) is 0 Å². The van der Waals surface area contributed by atoms with Crippen molar-refractivity contribution in [2.75, 3.05) is 0 Å². The molecule has 4 rings (SSSR count). The molecule has 2 N–H and O–H groups in total. The number of benzene rings is 2. The van der Waals surface area contributed by atoms with Gasteiger partial charge in [-0.1, -0.05) is 44.5 Å². The molecule has 2 aromatic carbocycles. The highest BCUT2D eigenvalue weighted by atomic mass is 32.1. The number of fused-ring (bicyclic) bond motifs is 3. The van der Waals surface area contributed by atoms with E-state index in [-0.39, 0.29) is 11.3 Å². The second-order valence-corrected chi connectivity index (χ2v) is 7.73. The highest BCUT2D eigenvalue weighted by Gasteiger charge is 2.15. The molecule has 3 nitrogen and oxygen atoms in total. The Bertz CT molecular complexity index is 1140. The van der Waals surface area contributed by atoms with Crippen LogP contribution >= 0.6 is 11.3 Å². The molecular weight excluding hydrogens is 342 g/mol. The number of H-pyrrole nitrogens is 1. The molecule has 0 amide bonds. The number of thiophene rings is 1. The van der Waals surface area contributed by atoms with Crippen LogP contribution in [0.3, 0.4) is 0 Å². The first-order valence-electron chi connectivity index (χ1n) is 8.95. The number of aromatic nitrogens is 1. The third-order valence-corrected chi connectivity index (χ3v) is 5.98. The molecule has 4 heteroatoms. The average molecular weight is 363 g/mol. The number of hydrogen-bond donors (Lipinski definition) is 2. The molecule has 0 saturated heterocycles. The van der Waals surface area contributed by atoms with Gasteiger partial charge in [-0.15, -0.1) is 11.3 Å². The summed E-state index contributed by atoms with van der Waals surface area (Å²) < 4.78 is 0.692. The molecule has 0 aliphatic heterocycles. The van der Waals surface area contributed by atoms with Crippen LogP contribution in [0, 0.1) is 0 Å². The zero-order valence-electron chi connectivity index (χ0n) is 14.9. The smallest absolute Gasteiger partial charge is 0.266 e. The highest BCUT2D eigenvalue weighted by molar-refractivity contribution is 7.17. The van der Waals surface area contributed by atoms with Gasteiger partial charge in [0.1, 0.15) is 10.4 Å². The second kappa shape index (κ2) is 6.61. The fourth-order valence-electron chi connectivity index (χ4n) is 3.71. The molecule has 26 heavy (non-hydrogen) atoms. The second-order valence-electron chi connectivity index (χ2n) is 6.81. The SMILES string of the molecule is CCC[C@H](C)c1ccc(-c2c(O)ccc3[nH]c(=O)c4sccc4c23)cc1. The molecule has 2 aromatic heterocycles. The van der Waals surface area contributed by atoms with E-state index in [0.717, 1.165) is 40.3 Å². The van der Waals surface area contributed by atoms with Gasteiger partial charge in [-0.2, -0.15) is 0 Å². The first kappa shape index (κ1) is 16.9. The van der Waals surface area contributed by atoms with Gasteiger partial charge >= 0.3 is 0 Å². The molecule has 0 unspecified atom stereocenters. The van der Waals surface area contributed by atoms with Crippen LogP contribution in [0.1, 0.15) is 38.2 Å². The van der Waals surface area contributed by atoms with Gasteiger partial charge in [0.05, 0.1) is 0 Å². The van der Waals surface area contributed by atoms with E-state index in [1.165, 1.54) is 16.9 Å². The summed E-state index contributed by atoms with van der Waals surface area (Å²) in [5.41, 5.74) is 3.71. The molecule has 1 atom stereocenters. The molecule has 0 aliphatic carbocycles. The van der Waals surface area contributed by atoms with Crippen LogP contribution in [0.5, 0.6) is 5.75 Å². The van der Waals surface area contributed by atoms with Crippen LogP contribution in [0.15, 0.2) is 52.6 Å². The van der Waals surface area contributed by atoms with Gasteiger partial charge in [0.15, 0.2) is 0 Å². The summed E-state index contributed by atoms with van der Waals surface area (Å²) in [7, 11) is 0. The fourth-order valence-corrected chi connectivity index (χ4v) is 4.50. The van der Waals surface area contributed by atoms with Crippen molar-refractivity contribution < 1.29 is 5.11 Å². The lowest BCUT2D eigenvalue weighted by Gasteiger charge is -2.14. The highest BCUT2D eigenvalue weighted by Crippen LogP contribution is 2.40. The van der Waals surface area contributed by atoms with E-state index >= 15 is 0 Å². The lowest BCUT2D eigenvalue weighted by atomic mass is 9.92. The van der Waals surface area contributed by atoms with Gasteiger partial charge in [-0.05, 0) is 47.0 Å². The average Bonchev–Trinajstić information content (AvgIpc) is 3.13. The van der Waals surface area contributed by atoms with Crippen molar-refractivity contribution in [3.8, 4) is 16.9 Å². The Morgan fingerprint density at radius 1 is 1.12 bits per heavy atom. The number of rotatable bonds is 4. The van der Waals surface area contributed by atoms with Crippen molar-refractivity contribution in [2.45, 2.75) is 32.6 Å². The number of hydrogen-bond acceptors (Lipinski definition) is 3. The minimum absolute atomic E-state index is 0.0807. The number of phenolic OH excluding ortho intramolecular Hbond substituents is 1. The van der Waals surface area contributed by atoms with Gasteiger partial charge in [0, 0.05) is 21.9 Å². The maximum absolute atomic E-state index is 12.3. The van der Waals surface area contributed by atoms with Crippen LogP contribution in [0.4, 0.5) is 0 Å². The van der Waals surface area contributed by atoms with Crippen LogP contribution < -0.4 is 5.56 Å². The lowest BCUT2D eigenvalue weighted by Crippen LogP contribution is -2.04. The van der Waals surface area contributed by atoms with E-state index in [9.17, 15) is 9.90 Å². The number of nitrogens with one attached hydrogen (secondary N) is 1. The summed E-state index contributed by atoms with van der Waals surface area (Å²) >= 11 is 1.42. The predicted octanol–water partition coefficient (Wildman–Crippen LogP) is 6.02. The lowest BCUT2D eigenvalue weighted by molar-refractivity contribution is 0.478. The van der Waals surface area contributed by atoms with Crippen molar-refractivity contribution >= 4 is 32.3 Å². The number of pyridine rings is 1. The van der Waals surface area contributed by atoms with Gasteiger partial charge in [-0.3, -0.25) is 4.79 Å². The van der Waals surface area contributed by atoms with Crippen molar-refractivity contribution in [1.29, 1.82) is 0 Å². The normalized spacial score (nSPS) is 12.7. The molecule has 0 fully saturated rings. The van der Waals surface area contributed by atoms with Gasteiger partial charge in [-0.25, -0.2) is 0 Å². The Balaban J connectivity index is 1.95. The van der Waals surface area contributed by atoms with Gasteiger partial charge < -0.3 is 10.1 Å². The van der Waals surface area contributed by atoms with Crippen molar-refractivity contribution in [1.82, 2.24) is 4.98 Å². The first-order valence-corrected chi connectivity index (χ1v) is 9.83. The van der Waals surface area contributed by atoms with Crippen molar-refractivity contribution in [2.24, 2.45) is 0 Å². The monoisotopic (exact) mass is 363 g/mol. The van der Waals surface area contributed by atoms with E-state index < -0.39 is 0 Å². The summed E-state index contributed by atoms with van der Waals surface area (Å²) in [5, 5.41) is 14.3. The van der Waals surface area contributed by atoms with E-state index in [1.807, 2.05) is 11.4 Å². The Morgan fingerprint density at radius 3 is 2.62 bits per heavy atom. The minimum atomic E-state index is -0.0807. The van der Waals surface area contributed by atoms with E-state index in [4.69, 9.17) is 0 Å². The molecule has 0 aliphatic rings. The zero-order valence-corrected chi connectivity index (χ0v) is 15.7. The predicted molar refractivity (Wildman–Crippen MR) is 110 cm³/mol. The Labute approximate surface area is 155 Å². The summed E-state index contributed by atoms with van der Waals surface area (Å²) in [4.78, 5) is 15.2. The fraction of sp³-hybridized carbons (Fsp3) is 0.227. The molecule has 0 bridgehead atoms. The largest absolute Gasteiger partial charge is 0.507 e. The molecular formula is C22H21NO2S. The van der Waals surface area contributed by atoms with Crippen LogP contribution in [-0.4, -0.2) is 10.1 Å². The third kappa shape index (κ3) is 2.71. The summed E-state index contributed by atoms with van der Waals surface area (Å²) in [5.74, 6) is 0.751. The van der Waals surface area contributed by atoms with Crippen LogP contribution in [0.25, 0.3) is 32.1 Å². The number of phenols is 1. The summed E-state index contributed by atoms with van der Waals surface area (Å²) in [6, 6.07) is 13.8. The maximum atomic E-state index is 12.3. The standard InChI is InChI=1S/C22H21NO2S/c1-3-4-13(2)14-5-7-15(8-6-14)19-18(24)10-9-17-20(19)16-11-12-26-21(16)22(25)23-17/h5-13,24H,3-4H2,1-2H3,(H,23,25)/t13-/m0/s1. The van der Waals surface area contributed by atoms with Crippen LogP contribution in [-0.2, 0) is 0 Å². The topological polar surface area (TPSA) is 53.1 Å². The Morgan fingerprint density at radius 2 is 1.88 bits per heavy atom. The van der Waals surface area contributed by atoms with E-state index in [0.29, 0.717) is 10.6 Å². The summed E-state index contributed by atoms with van der Waals surface area (Å²) in [6.07, 6.45) is 2.33. The minimum Gasteiger partial charge on any atom is -0.507 e. The van der Waals surface area contributed by atoms with Crippen molar-refractivity contribution in [3.05, 3.63) is 63.8 Å². The molecule has 4 aromatic rings. The quantitative estimate of drug-likeness (QED) is 0.466.